The van der Waals surface area contributed by atoms with Crippen molar-refractivity contribution in [2.24, 2.45) is 0 Å². The highest BCUT2D eigenvalue weighted by atomic mass is 19.4. The van der Waals surface area contributed by atoms with Crippen LogP contribution in [0, 0.1) is 0 Å². The van der Waals surface area contributed by atoms with Gasteiger partial charge in [-0.2, -0.15) is 13.2 Å². The number of rotatable bonds is 5. The summed E-state index contributed by atoms with van der Waals surface area (Å²) in [7, 11) is 0. The Balaban J connectivity index is 1.66. The SMILES string of the molecule is F[C@@H]1CNCC[C@@H]1c1nc(-c2ccnc(C(F)(F)F)c2)cn1CCN1CCC1. The summed E-state index contributed by atoms with van der Waals surface area (Å²) in [5, 5.41) is 3.03. The maximum Gasteiger partial charge on any atom is 0.433 e. The molecule has 2 atom stereocenters. The van der Waals surface area contributed by atoms with Gasteiger partial charge in [-0.1, -0.05) is 0 Å². The van der Waals surface area contributed by atoms with Crippen LogP contribution in [0.4, 0.5) is 17.6 Å². The van der Waals surface area contributed by atoms with Gasteiger partial charge in [-0.05, 0) is 44.6 Å². The van der Waals surface area contributed by atoms with Crippen molar-refractivity contribution in [3.63, 3.8) is 0 Å². The molecule has 4 rings (SSSR count). The van der Waals surface area contributed by atoms with Crippen LogP contribution in [0.3, 0.4) is 0 Å². The van der Waals surface area contributed by atoms with E-state index in [4.69, 9.17) is 0 Å². The second kappa shape index (κ2) is 7.79. The lowest BCUT2D eigenvalue weighted by Crippen LogP contribution is -2.40. The molecule has 2 aromatic rings. The number of hydrogen-bond donors (Lipinski definition) is 1. The third-order valence-corrected chi connectivity index (χ3v) is 5.50. The van der Waals surface area contributed by atoms with E-state index in [1.165, 1.54) is 12.5 Å². The van der Waals surface area contributed by atoms with E-state index >= 15 is 0 Å². The molecule has 152 valence electrons. The van der Waals surface area contributed by atoms with Gasteiger partial charge in [0.2, 0.25) is 0 Å². The quantitative estimate of drug-likeness (QED) is 0.788. The molecule has 4 heterocycles. The van der Waals surface area contributed by atoms with E-state index in [1.54, 1.807) is 6.20 Å². The van der Waals surface area contributed by atoms with Crippen LogP contribution in [-0.2, 0) is 12.7 Å². The van der Waals surface area contributed by atoms with Crippen molar-refractivity contribution < 1.29 is 17.6 Å². The molecule has 0 unspecified atom stereocenters. The van der Waals surface area contributed by atoms with E-state index < -0.39 is 18.0 Å². The molecule has 0 saturated carbocycles. The molecule has 2 aromatic heterocycles. The number of hydrogen-bond acceptors (Lipinski definition) is 4. The van der Waals surface area contributed by atoms with Crippen LogP contribution in [0.25, 0.3) is 11.3 Å². The third-order valence-electron chi connectivity index (χ3n) is 5.50. The fourth-order valence-electron chi connectivity index (χ4n) is 3.76. The van der Waals surface area contributed by atoms with Crippen LogP contribution in [0.1, 0.15) is 30.3 Å². The van der Waals surface area contributed by atoms with Gasteiger partial charge in [-0.15, -0.1) is 0 Å². The van der Waals surface area contributed by atoms with E-state index in [2.05, 4.69) is 20.2 Å². The van der Waals surface area contributed by atoms with Crippen molar-refractivity contribution in [1.29, 1.82) is 0 Å². The topological polar surface area (TPSA) is 46.0 Å². The van der Waals surface area contributed by atoms with Gasteiger partial charge < -0.3 is 14.8 Å². The van der Waals surface area contributed by atoms with E-state index in [1.807, 2.05) is 4.57 Å². The molecule has 0 radical (unpaired) electrons. The normalized spacial score (nSPS) is 23.6. The molecule has 2 aliphatic heterocycles. The molecule has 1 N–H and O–H groups in total. The fourth-order valence-corrected chi connectivity index (χ4v) is 3.76. The number of alkyl halides is 4. The molecular weight excluding hydrogens is 374 g/mol. The molecule has 0 amide bonds. The summed E-state index contributed by atoms with van der Waals surface area (Å²) in [6.07, 6.45) is -0.891. The average molecular weight is 397 g/mol. The van der Waals surface area contributed by atoms with Crippen molar-refractivity contribution in [2.45, 2.75) is 37.7 Å². The predicted octanol–water partition coefficient (Wildman–Crippen LogP) is 3.08. The highest BCUT2D eigenvalue weighted by Crippen LogP contribution is 2.33. The number of halogens is 4. The molecule has 0 spiro atoms. The Morgan fingerprint density at radius 3 is 2.71 bits per heavy atom. The minimum atomic E-state index is -4.52. The maximum absolute atomic E-state index is 14.5. The van der Waals surface area contributed by atoms with Gasteiger partial charge in [-0.25, -0.2) is 9.37 Å². The Labute approximate surface area is 160 Å². The van der Waals surface area contributed by atoms with Gasteiger partial charge in [0.1, 0.15) is 17.7 Å². The van der Waals surface area contributed by atoms with E-state index in [0.717, 1.165) is 31.9 Å². The van der Waals surface area contributed by atoms with Gasteiger partial charge in [-0.3, -0.25) is 4.98 Å². The summed E-state index contributed by atoms with van der Waals surface area (Å²) in [6.45, 7) is 4.55. The number of aromatic nitrogens is 3. The molecule has 0 aromatic carbocycles. The number of likely N-dealkylation sites (tertiary alicyclic amines) is 1. The largest absolute Gasteiger partial charge is 0.433 e. The minimum absolute atomic E-state index is 0.270. The highest BCUT2D eigenvalue weighted by Gasteiger charge is 2.33. The minimum Gasteiger partial charge on any atom is -0.333 e. The van der Waals surface area contributed by atoms with Crippen LogP contribution in [0.15, 0.2) is 24.5 Å². The lowest BCUT2D eigenvalue weighted by Gasteiger charge is -2.31. The molecular formula is C19H23F4N5. The zero-order valence-electron chi connectivity index (χ0n) is 15.4. The van der Waals surface area contributed by atoms with Crippen molar-refractivity contribution in [1.82, 2.24) is 24.8 Å². The second-order valence-electron chi connectivity index (χ2n) is 7.42. The van der Waals surface area contributed by atoms with Crippen molar-refractivity contribution in [3.05, 3.63) is 36.0 Å². The highest BCUT2D eigenvalue weighted by molar-refractivity contribution is 5.59. The van der Waals surface area contributed by atoms with Crippen molar-refractivity contribution in [2.75, 3.05) is 32.7 Å². The number of imidazole rings is 1. The Morgan fingerprint density at radius 2 is 2.04 bits per heavy atom. The van der Waals surface area contributed by atoms with Gasteiger partial charge >= 0.3 is 6.18 Å². The third kappa shape index (κ3) is 4.05. The molecule has 2 fully saturated rings. The summed E-state index contributed by atoms with van der Waals surface area (Å²) >= 11 is 0. The fraction of sp³-hybridized carbons (Fsp3) is 0.579. The summed E-state index contributed by atoms with van der Waals surface area (Å²) < 4.78 is 55.5. The van der Waals surface area contributed by atoms with Gasteiger partial charge in [0, 0.05) is 37.6 Å². The Hall–Kier alpha value is -2.00. The van der Waals surface area contributed by atoms with Gasteiger partial charge in [0.25, 0.3) is 0 Å². The Kier molecular flexibility index (Phi) is 5.37. The van der Waals surface area contributed by atoms with Crippen molar-refractivity contribution in [3.8, 4) is 11.3 Å². The first-order valence-corrected chi connectivity index (χ1v) is 9.59. The standard InChI is InChI=1S/C19H23F4N5/c20-15-11-24-4-3-14(15)18-26-16(12-28(18)9-8-27-6-1-7-27)13-2-5-25-17(10-13)19(21,22)23/h2,5,10,12,14-15,24H,1,3-4,6-9,11H2/t14-,15+/m0/s1. The number of piperidine rings is 1. The summed E-state index contributed by atoms with van der Waals surface area (Å²) in [5.74, 6) is 0.269. The summed E-state index contributed by atoms with van der Waals surface area (Å²) in [5.41, 5.74) is -0.181. The molecule has 2 aliphatic rings. The number of nitrogens with zero attached hydrogens (tertiary/aromatic N) is 4. The lowest BCUT2D eigenvalue weighted by molar-refractivity contribution is -0.141. The molecule has 9 heteroatoms. The maximum atomic E-state index is 14.5. The van der Waals surface area contributed by atoms with Gasteiger partial charge in [0.15, 0.2) is 0 Å². The van der Waals surface area contributed by atoms with E-state index in [-0.39, 0.29) is 12.5 Å². The van der Waals surface area contributed by atoms with Crippen LogP contribution in [0.5, 0.6) is 0 Å². The number of pyridine rings is 1. The molecule has 0 aliphatic carbocycles. The molecule has 2 saturated heterocycles. The molecule has 5 nitrogen and oxygen atoms in total. The van der Waals surface area contributed by atoms with Crippen LogP contribution < -0.4 is 5.32 Å². The smallest absolute Gasteiger partial charge is 0.333 e. The molecule has 0 bridgehead atoms. The van der Waals surface area contributed by atoms with Crippen LogP contribution >= 0.6 is 0 Å². The first-order valence-electron chi connectivity index (χ1n) is 9.59. The zero-order valence-corrected chi connectivity index (χ0v) is 15.4. The average Bonchev–Trinajstić information content (AvgIpc) is 3.04. The van der Waals surface area contributed by atoms with Gasteiger partial charge in [0.05, 0.1) is 11.6 Å². The predicted molar refractivity (Wildman–Crippen MR) is 96.6 cm³/mol. The number of nitrogens with one attached hydrogen (secondary N) is 1. The summed E-state index contributed by atoms with van der Waals surface area (Å²) in [6, 6.07) is 2.51. The second-order valence-corrected chi connectivity index (χ2v) is 7.42. The van der Waals surface area contributed by atoms with E-state index in [9.17, 15) is 17.6 Å². The van der Waals surface area contributed by atoms with Crippen LogP contribution in [-0.4, -0.2) is 58.3 Å². The Bertz CT molecular complexity index is 815. The van der Waals surface area contributed by atoms with E-state index in [0.29, 0.717) is 36.6 Å². The van der Waals surface area contributed by atoms with Crippen LogP contribution in [0.2, 0.25) is 0 Å². The molecule has 28 heavy (non-hydrogen) atoms. The Morgan fingerprint density at radius 1 is 1.21 bits per heavy atom. The lowest BCUT2D eigenvalue weighted by atomic mass is 9.95. The monoisotopic (exact) mass is 397 g/mol. The first kappa shape index (κ1) is 19.3. The van der Waals surface area contributed by atoms with Crippen molar-refractivity contribution >= 4 is 0 Å². The first-order chi connectivity index (χ1) is 13.4. The zero-order chi connectivity index (χ0) is 19.7. The summed E-state index contributed by atoms with van der Waals surface area (Å²) in [4.78, 5) is 10.3.